The molecule has 2 rings (SSSR count). The topological polar surface area (TPSA) is 37.8 Å². The second-order valence-electron chi connectivity index (χ2n) is 4.91. The molecule has 0 aliphatic heterocycles. The van der Waals surface area contributed by atoms with E-state index in [1.54, 1.807) is 0 Å². The summed E-state index contributed by atoms with van der Waals surface area (Å²) in [4.78, 5) is 9.39. The summed E-state index contributed by atoms with van der Waals surface area (Å²) in [6.07, 6.45) is 0. The van der Waals surface area contributed by atoms with Crippen molar-refractivity contribution in [1.29, 1.82) is 0 Å². The van der Waals surface area contributed by atoms with E-state index in [0.29, 0.717) is 16.8 Å². The van der Waals surface area contributed by atoms with Crippen LogP contribution in [-0.4, -0.2) is 16.5 Å². The Hall–Kier alpha value is -0.400. The molecule has 3 nitrogen and oxygen atoms in total. The number of hydrogen-bond acceptors (Lipinski definition) is 3. The van der Waals surface area contributed by atoms with E-state index in [-0.39, 0.29) is 0 Å². The Bertz CT molecular complexity index is 662. The normalized spacial score (nSPS) is 11.0. The number of nitrogens with zero attached hydrogens (tertiary/aromatic N) is 2. The second-order valence-corrected chi connectivity index (χ2v) is 7.25. The summed E-state index contributed by atoms with van der Waals surface area (Å²) in [6, 6.07) is 5.74. The molecule has 0 aliphatic rings. The molecule has 1 N–H and O–H groups in total. The van der Waals surface area contributed by atoms with E-state index in [9.17, 15) is 0 Å². The first-order chi connectivity index (χ1) is 9.93. The number of hydrogen-bond donors (Lipinski definition) is 1. The monoisotopic (exact) mass is 479 g/mol. The Morgan fingerprint density at radius 1 is 1.33 bits per heavy atom. The summed E-state index contributed by atoms with van der Waals surface area (Å²) < 4.78 is 1.93. The molecule has 1 aromatic heterocycles. The highest BCUT2D eigenvalue weighted by Crippen LogP contribution is 2.31. The van der Waals surface area contributed by atoms with Crippen LogP contribution in [-0.2, 0) is 0 Å². The lowest BCUT2D eigenvalue weighted by Gasteiger charge is -2.14. The van der Waals surface area contributed by atoms with Crippen molar-refractivity contribution >= 4 is 55.9 Å². The molecule has 2 aromatic rings. The van der Waals surface area contributed by atoms with Gasteiger partial charge in [0.15, 0.2) is 5.82 Å². The third-order valence-electron chi connectivity index (χ3n) is 2.95. The number of benzene rings is 1. The first-order valence-corrected chi connectivity index (χ1v) is 8.95. The maximum absolute atomic E-state index is 6.05. The van der Waals surface area contributed by atoms with Crippen molar-refractivity contribution in [2.24, 2.45) is 0 Å². The van der Waals surface area contributed by atoms with Gasteiger partial charge in [-0.25, -0.2) is 9.97 Å². The molecule has 6 heteroatoms. The van der Waals surface area contributed by atoms with Gasteiger partial charge in [-0.15, -0.1) is 0 Å². The van der Waals surface area contributed by atoms with Gasteiger partial charge in [-0.2, -0.15) is 0 Å². The first-order valence-electron chi connectivity index (χ1n) is 6.70. The Labute approximate surface area is 152 Å². The number of rotatable bonds is 4. The molecule has 1 aromatic carbocycles. The average molecular weight is 481 g/mol. The molecule has 21 heavy (non-hydrogen) atoms. The van der Waals surface area contributed by atoms with E-state index in [1.807, 2.05) is 18.2 Å². The van der Waals surface area contributed by atoms with Crippen LogP contribution in [0, 0.1) is 3.57 Å². The smallest absolute Gasteiger partial charge is 0.161 e. The van der Waals surface area contributed by atoms with Gasteiger partial charge < -0.3 is 5.32 Å². The lowest BCUT2D eigenvalue weighted by molar-refractivity contribution is 0.808. The van der Waals surface area contributed by atoms with Crippen LogP contribution < -0.4 is 5.32 Å². The van der Waals surface area contributed by atoms with Crippen molar-refractivity contribution in [2.45, 2.75) is 26.7 Å². The molecule has 0 fully saturated rings. The number of nitrogens with one attached hydrogen (secondary N) is 1. The predicted molar refractivity (Wildman–Crippen MR) is 101 cm³/mol. The lowest BCUT2D eigenvalue weighted by atomic mass is 10.1. The summed E-state index contributed by atoms with van der Waals surface area (Å²) in [5, 5.41) is 3.99. The zero-order valence-corrected chi connectivity index (χ0v) is 16.5. The fourth-order valence-corrected chi connectivity index (χ4v) is 3.45. The molecule has 0 radical (unpaired) electrons. The van der Waals surface area contributed by atoms with E-state index in [2.05, 4.69) is 69.6 Å². The Balaban J connectivity index is 2.59. The van der Waals surface area contributed by atoms with Gasteiger partial charge in [-0.3, -0.25) is 0 Å². The molecular formula is C15H16BrClIN3. The molecular weight excluding hydrogens is 464 g/mol. The van der Waals surface area contributed by atoms with Crippen LogP contribution in [0.5, 0.6) is 0 Å². The molecule has 0 spiro atoms. The quantitative estimate of drug-likeness (QED) is 0.569. The molecule has 0 unspecified atom stereocenters. The maximum atomic E-state index is 6.05. The first kappa shape index (κ1) is 17.0. The lowest BCUT2D eigenvalue weighted by Crippen LogP contribution is -2.09. The number of aromatic nitrogens is 2. The van der Waals surface area contributed by atoms with Gasteiger partial charge in [0.1, 0.15) is 5.82 Å². The van der Waals surface area contributed by atoms with Crippen LogP contribution in [0.1, 0.15) is 32.4 Å². The van der Waals surface area contributed by atoms with Crippen LogP contribution in [0.15, 0.2) is 22.7 Å². The molecule has 112 valence electrons. The summed E-state index contributed by atoms with van der Waals surface area (Å²) in [6.45, 7) is 7.17. The molecule has 0 amide bonds. The number of halogens is 3. The van der Waals surface area contributed by atoms with Crippen molar-refractivity contribution in [3.8, 4) is 11.4 Å². The van der Waals surface area contributed by atoms with Crippen LogP contribution >= 0.6 is 50.1 Å². The third kappa shape index (κ3) is 3.87. The molecule has 1 heterocycles. The van der Waals surface area contributed by atoms with Crippen LogP contribution in [0.4, 0.5) is 5.82 Å². The van der Waals surface area contributed by atoms with Gasteiger partial charge in [0.2, 0.25) is 0 Å². The van der Waals surface area contributed by atoms with E-state index in [1.165, 1.54) is 0 Å². The maximum Gasteiger partial charge on any atom is 0.161 e. The second kappa shape index (κ2) is 7.24. The molecule has 0 bridgehead atoms. The Morgan fingerprint density at radius 3 is 2.62 bits per heavy atom. The van der Waals surface area contributed by atoms with Crippen molar-refractivity contribution in [3.63, 3.8) is 0 Å². The Morgan fingerprint density at radius 2 is 2.05 bits per heavy atom. The largest absolute Gasteiger partial charge is 0.369 e. The minimum absolute atomic E-state index is 0.340. The van der Waals surface area contributed by atoms with Gasteiger partial charge >= 0.3 is 0 Å². The summed E-state index contributed by atoms with van der Waals surface area (Å²) >= 11 is 11.8. The van der Waals surface area contributed by atoms with E-state index in [0.717, 1.165) is 31.7 Å². The standard InChI is InChI=1S/C15H16BrClIN3/c1-4-19-15-12(18)13(8(2)3)20-14(21-15)9-5-6-11(17)10(16)7-9/h5-8H,4H2,1-3H3,(H,19,20,21). The van der Waals surface area contributed by atoms with Gasteiger partial charge in [-0.1, -0.05) is 25.4 Å². The fraction of sp³-hybridized carbons (Fsp3) is 0.333. The van der Waals surface area contributed by atoms with Crippen molar-refractivity contribution in [2.75, 3.05) is 11.9 Å². The average Bonchev–Trinajstić information content (AvgIpc) is 2.44. The Kier molecular flexibility index (Phi) is 5.85. The zero-order chi connectivity index (χ0) is 15.6. The van der Waals surface area contributed by atoms with Gasteiger partial charge in [-0.05, 0) is 69.6 Å². The minimum atomic E-state index is 0.340. The highest BCUT2D eigenvalue weighted by Gasteiger charge is 2.16. The zero-order valence-electron chi connectivity index (χ0n) is 12.0. The third-order valence-corrected chi connectivity index (χ3v) is 5.22. The fourth-order valence-electron chi connectivity index (χ4n) is 1.90. The highest BCUT2D eigenvalue weighted by atomic mass is 127. The molecule has 0 atom stereocenters. The van der Waals surface area contributed by atoms with E-state index >= 15 is 0 Å². The van der Waals surface area contributed by atoms with Gasteiger partial charge in [0.25, 0.3) is 0 Å². The molecule has 0 aliphatic carbocycles. The summed E-state index contributed by atoms with van der Waals surface area (Å²) in [7, 11) is 0. The van der Waals surface area contributed by atoms with Crippen molar-refractivity contribution in [3.05, 3.63) is 37.0 Å². The molecule has 0 saturated carbocycles. The van der Waals surface area contributed by atoms with Crippen molar-refractivity contribution in [1.82, 2.24) is 9.97 Å². The minimum Gasteiger partial charge on any atom is -0.369 e. The predicted octanol–water partition coefficient (Wildman–Crippen LogP) is 5.72. The molecule has 0 saturated heterocycles. The van der Waals surface area contributed by atoms with Crippen LogP contribution in [0.25, 0.3) is 11.4 Å². The van der Waals surface area contributed by atoms with Crippen LogP contribution in [0.2, 0.25) is 5.02 Å². The van der Waals surface area contributed by atoms with Crippen LogP contribution in [0.3, 0.4) is 0 Å². The van der Waals surface area contributed by atoms with Gasteiger partial charge in [0, 0.05) is 16.6 Å². The highest BCUT2D eigenvalue weighted by molar-refractivity contribution is 14.1. The van der Waals surface area contributed by atoms with E-state index in [4.69, 9.17) is 16.6 Å². The van der Waals surface area contributed by atoms with Gasteiger partial charge in [0.05, 0.1) is 14.3 Å². The van der Waals surface area contributed by atoms with Crippen molar-refractivity contribution < 1.29 is 0 Å². The SMILES string of the molecule is CCNc1nc(-c2ccc(Cl)c(Br)c2)nc(C(C)C)c1I. The summed E-state index contributed by atoms with van der Waals surface area (Å²) in [5.41, 5.74) is 2.01. The summed E-state index contributed by atoms with van der Waals surface area (Å²) in [5.74, 6) is 1.94. The number of anilines is 1. The van der Waals surface area contributed by atoms with E-state index < -0.39 is 0 Å².